The number of hydrogen-bond acceptors (Lipinski definition) is 5. The van der Waals surface area contributed by atoms with E-state index in [4.69, 9.17) is 14.7 Å². The molecular formula is C35H40ClN3OS. The fourth-order valence-electron chi connectivity index (χ4n) is 6.38. The van der Waals surface area contributed by atoms with Crippen LogP contribution in [0.3, 0.4) is 0 Å². The lowest BCUT2D eigenvalue weighted by atomic mass is 9.68. The van der Waals surface area contributed by atoms with Crippen LogP contribution >= 0.6 is 23.7 Å². The highest BCUT2D eigenvalue weighted by atomic mass is 35.5. The summed E-state index contributed by atoms with van der Waals surface area (Å²) in [7, 11) is 1.69. The topological polar surface area (TPSA) is 37.7 Å². The molecule has 0 bridgehead atoms. The average molecular weight is 586 g/mol. The van der Waals surface area contributed by atoms with Gasteiger partial charge in [0.25, 0.3) is 0 Å². The maximum absolute atomic E-state index is 5.27. The number of aryl methyl sites for hydroxylation is 1. The average Bonchev–Trinajstić information content (AvgIpc) is 3.37. The molecule has 1 saturated carbocycles. The van der Waals surface area contributed by atoms with Crippen LogP contribution in [0.5, 0.6) is 5.75 Å². The van der Waals surface area contributed by atoms with Gasteiger partial charge in [-0.2, -0.15) is 0 Å². The van der Waals surface area contributed by atoms with E-state index in [1.165, 1.54) is 74.2 Å². The Balaban J connectivity index is 0.00000337. The molecule has 3 aromatic carbocycles. The first-order valence-corrected chi connectivity index (χ1v) is 15.5. The quantitative estimate of drug-likeness (QED) is 0.203. The standard InChI is InChI=1S/C35H39N3OS.ClH/c1-26-34(37-33(40-26)24-27-8-16-32(39-2)17-9-27)29-10-12-30(13-11-29)36-25-28-6-14-31(15-7-28)38-22-20-35(21-23-38)18-4-3-5-19-35;/h6-17,25H,3-5,18-24H2,1-2H3;1H. The number of rotatable bonds is 7. The van der Waals surface area contributed by atoms with Gasteiger partial charge in [-0.3, -0.25) is 4.99 Å². The molecule has 0 amide bonds. The minimum Gasteiger partial charge on any atom is -0.497 e. The zero-order valence-corrected chi connectivity index (χ0v) is 25.8. The van der Waals surface area contributed by atoms with Crippen LogP contribution in [0.1, 0.15) is 66.0 Å². The van der Waals surface area contributed by atoms with E-state index in [2.05, 4.69) is 72.5 Å². The number of nitrogens with zero attached hydrogens (tertiary/aromatic N) is 3. The first kappa shape index (κ1) is 29.3. The summed E-state index contributed by atoms with van der Waals surface area (Å²) in [6, 6.07) is 25.6. The van der Waals surface area contributed by atoms with Crippen molar-refractivity contribution in [3.63, 3.8) is 0 Å². The zero-order chi connectivity index (χ0) is 27.4. The molecule has 2 aliphatic rings. The number of piperidine rings is 1. The number of methoxy groups -OCH3 is 1. The summed E-state index contributed by atoms with van der Waals surface area (Å²) in [5.41, 5.74) is 7.51. The Morgan fingerprint density at radius 1 is 0.878 bits per heavy atom. The van der Waals surface area contributed by atoms with Crippen molar-refractivity contribution in [3.05, 3.63) is 93.8 Å². The number of benzene rings is 3. The predicted octanol–water partition coefficient (Wildman–Crippen LogP) is 9.44. The maximum Gasteiger partial charge on any atom is 0.118 e. The predicted molar refractivity (Wildman–Crippen MR) is 176 cm³/mol. The van der Waals surface area contributed by atoms with Crippen molar-refractivity contribution in [2.75, 3.05) is 25.1 Å². The molecule has 0 N–H and O–H groups in total. The summed E-state index contributed by atoms with van der Waals surface area (Å²) >= 11 is 1.77. The van der Waals surface area contributed by atoms with Gasteiger partial charge in [0.05, 0.1) is 23.5 Å². The van der Waals surface area contributed by atoms with Gasteiger partial charge in [-0.1, -0.05) is 55.7 Å². The number of aliphatic imine (C=N–C) groups is 1. The van der Waals surface area contributed by atoms with Crippen molar-refractivity contribution >= 4 is 41.3 Å². The third-order valence-electron chi connectivity index (χ3n) is 8.86. The third kappa shape index (κ3) is 7.02. The Bertz CT molecular complexity index is 1430. The van der Waals surface area contributed by atoms with Crippen LogP contribution < -0.4 is 9.64 Å². The van der Waals surface area contributed by atoms with E-state index in [0.717, 1.165) is 39.7 Å². The second kappa shape index (κ2) is 13.2. The second-order valence-electron chi connectivity index (χ2n) is 11.5. The van der Waals surface area contributed by atoms with Crippen molar-refractivity contribution in [1.82, 2.24) is 4.98 Å². The minimum absolute atomic E-state index is 0. The van der Waals surface area contributed by atoms with Crippen LogP contribution in [0.25, 0.3) is 11.3 Å². The highest BCUT2D eigenvalue weighted by Crippen LogP contribution is 2.45. The molecule has 1 aliphatic carbocycles. The van der Waals surface area contributed by atoms with Gasteiger partial charge in [0.1, 0.15) is 5.75 Å². The molecule has 6 heteroatoms. The smallest absolute Gasteiger partial charge is 0.118 e. The largest absolute Gasteiger partial charge is 0.497 e. The molecular weight excluding hydrogens is 546 g/mol. The van der Waals surface area contributed by atoms with Crippen molar-refractivity contribution in [2.24, 2.45) is 10.4 Å². The van der Waals surface area contributed by atoms with Crippen LogP contribution in [0.15, 0.2) is 77.8 Å². The molecule has 6 rings (SSSR count). The van der Waals surface area contributed by atoms with Crippen molar-refractivity contribution in [3.8, 4) is 17.0 Å². The number of aromatic nitrogens is 1. The third-order valence-corrected chi connectivity index (χ3v) is 9.83. The fourth-order valence-corrected chi connectivity index (χ4v) is 7.37. The molecule has 1 spiro atoms. The highest BCUT2D eigenvalue weighted by molar-refractivity contribution is 7.12. The molecule has 1 saturated heterocycles. The second-order valence-corrected chi connectivity index (χ2v) is 12.8. The van der Waals surface area contributed by atoms with Gasteiger partial charge in [0, 0.05) is 41.9 Å². The molecule has 0 atom stereocenters. The van der Waals surface area contributed by atoms with Crippen LogP contribution in [0, 0.1) is 12.3 Å². The summed E-state index contributed by atoms with van der Waals surface area (Å²) < 4.78 is 5.27. The molecule has 0 unspecified atom stereocenters. The molecule has 214 valence electrons. The minimum atomic E-state index is 0. The van der Waals surface area contributed by atoms with E-state index in [-0.39, 0.29) is 12.4 Å². The Morgan fingerprint density at radius 3 is 2.22 bits per heavy atom. The lowest BCUT2D eigenvalue weighted by Crippen LogP contribution is -2.41. The van der Waals surface area contributed by atoms with Crippen LogP contribution in [0.2, 0.25) is 0 Å². The molecule has 2 heterocycles. The summed E-state index contributed by atoms with van der Waals surface area (Å²) in [6.07, 6.45) is 12.7. The number of ether oxygens (including phenoxy) is 1. The van der Waals surface area contributed by atoms with E-state index in [1.54, 1.807) is 18.4 Å². The molecule has 4 aromatic rings. The van der Waals surface area contributed by atoms with Gasteiger partial charge < -0.3 is 9.64 Å². The first-order valence-electron chi connectivity index (χ1n) is 14.7. The Hall–Kier alpha value is -3.15. The van der Waals surface area contributed by atoms with Gasteiger partial charge in [-0.15, -0.1) is 23.7 Å². The van der Waals surface area contributed by atoms with E-state index in [0.29, 0.717) is 5.41 Å². The normalized spacial score (nSPS) is 16.6. The molecule has 41 heavy (non-hydrogen) atoms. The SMILES string of the molecule is COc1ccc(Cc2nc(-c3ccc(N=Cc4ccc(N5CCC6(CCCCC6)CC5)cc4)cc3)c(C)s2)cc1.Cl. The van der Waals surface area contributed by atoms with Crippen LogP contribution in [0.4, 0.5) is 11.4 Å². The van der Waals surface area contributed by atoms with Gasteiger partial charge in [-0.05, 0) is 85.5 Å². The van der Waals surface area contributed by atoms with Crippen molar-refractivity contribution in [2.45, 2.75) is 58.3 Å². The molecule has 1 aliphatic heterocycles. The van der Waals surface area contributed by atoms with E-state index < -0.39 is 0 Å². The first-order chi connectivity index (χ1) is 19.6. The van der Waals surface area contributed by atoms with Crippen LogP contribution in [-0.2, 0) is 6.42 Å². The Kier molecular flexibility index (Phi) is 9.46. The Labute approximate surface area is 254 Å². The van der Waals surface area contributed by atoms with E-state index >= 15 is 0 Å². The van der Waals surface area contributed by atoms with Crippen molar-refractivity contribution in [1.29, 1.82) is 0 Å². The number of anilines is 1. The summed E-state index contributed by atoms with van der Waals surface area (Å²) in [5, 5.41) is 1.13. The molecule has 0 radical (unpaired) electrons. The fraction of sp³-hybridized carbons (Fsp3) is 0.371. The lowest BCUT2D eigenvalue weighted by Gasteiger charge is -2.45. The molecule has 2 fully saturated rings. The van der Waals surface area contributed by atoms with Crippen molar-refractivity contribution < 1.29 is 4.74 Å². The highest BCUT2D eigenvalue weighted by Gasteiger charge is 2.35. The summed E-state index contributed by atoms with van der Waals surface area (Å²) in [6.45, 7) is 4.54. The summed E-state index contributed by atoms with van der Waals surface area (Å²) in [4.78, 5) is 13.5. The van der Waals surface area contributed by atoms with Gasteiger partial charge in [0.15, 0.2) is 0 Å². The van der Waals surface area contributed by atoms with Gasteiger partial charge in [0.2, 0.25) is 0 Å². The zero-order valence-electron chi connectivity index (χ0n) is 24.1. The summed E-state index contributed by atoms with van der Waals surface area (Å²) in [5.74, 6) is 0.879. The molecule has 1 aromatic heterocycles. The van der Waals surface area contributed by atoms with Gasteiger partial charge >= 0.3 is 0 Å². The van der Waals surface area contributed by atoms with Gasteiger partial charge in [-0.25, -0.2) is 4.98 Å². The Morgan fingerprint density at radius 2 is 1.56 bits per heavy atom. The van der Waals surface area contributed by atoms with E-state index in [9.17, 15) is 0 Å². The molecule has 4 nitrogen and oxygen atoms in total. The number of hydrogen-bond donors (Lipinski definition) is 0. The maximum atomic E-state index is 5.27. The van der Waals surface area contributed by atoms with Crippen LogP contribution in [-0.4, -0.2) is 31.4 Å². The lowest BCUT2D eigenvalue weighted by molar-refractivity contribution is 0.144. The number of halogens is 1. The number of thiazole rings is 1. The van der Waals surface area contributed by atoms with E-state index in [1.807, 2.05) is 18.3 Å². The monoisotopic (exact) mass is 585 g/mol.